The fraction of sp³-hybridized carbons (Fsp3) is 0.923. The largest absolute Gasteiger partial charge is 0.338 e. The van der Waals surface area contributed by atoms with Crippen LogP contribution in [-0.2, 0) is 4.79 Å². The first-order chi connectivity index (χ1) is 7.83. The molecule has 2 atom stereocenters. The van der Waals surface area contributed by atoms with Crippen LogP contribution < -0.4 is 5.32 Å². The van der Waals surface area contributed by atoms with Gasteiger partial charge in [-0.1, -0.05) is 13.3 Å². The van der Waals surface area contributed by atoms with Gasteiger partial charge in [0.15, 0.2) is 0 Å². The van der Waals surface area contributed by atoms with Crippen LogP contribution in [0.5, 0.6) is 0 Å². The van der Waals surface area contributed by atoms with Gasteiger partial charge < -0.3 is 10.2 Å². The van der Waals surface area contributed by atoms with Gasteiger partial charge >= 0.3 is 0 Å². The molecule has 2 rings (SSSR count). The number of amides is 1. The van der Waals surface area contributed by atoms with E-state index in [1.54, 1.807) is 0 Å². The fourth-order valence-corrected chi connectivity index (χ4v) is 2.98. The molecule has 92 valence electrons. The number of hydrogen-bond donors (Lipinski definition) is 1. The predicted molar refractivity (Wildman–Crippen MR) is 65.3 cm³/mol. The zero-order valence-corrected chi connectivity index (χ0v) is 10.4. The lowest BCUT2D eigenvalue weighted by Crippen LogP contribution is -2.53. The standard InChI is InChI=1S/C13H24N2O/c1-2-11-7-4-6-10-15(11)13(16)12-8-3-5-9-14-12/h11-12,14H,2-10H2,1H3/t11-,12+/m1/s1. The van der Waals surface area contributed by atoms with Crippen LogP contribution in [0.1, 0.15) is 51.9 Å². The molecule has 1 N–H and O–H groups in total. The van der Waals surface area contributed by atoms with Crippen molar-refractivity contribution >= 4 is 5.91 Å². The summed E-state index contributed by atoms with van der Waals surface area (Å²) in [6.07, 6.45) is 8.25. The van der Waals surface area contributed by atoms with Crippen molar-refractivity contribution in [3.63, 3.8) is 0 Å². The van der Waals surface area contributed by atoms with Gasteiger partial charge in [0.1, 0.15) is 0 Å². The minimum atomic E-state index is 0.112. The molecule has 2 aliphatic heterocycles. The van der Waals surface area contributed by atoms with Gasteiger partial charge in [-0.15, -0.1) is 0 Å². The molecule has 0 bridgehead atoms. The molecule has 0 aromatic heterocycles. The monoisotopic (exact) mass is 224 g/mol. The van der Waals surface area contributed by atoms with E-state index in [0.717, 1.165) is 25.9 Å². The van der Waals surface area contributed by atoms with Crippen molar-refractivity contribution in [3.8, 4) is 0 Å². The minimum Gasteiger partial charge on any atom is -0.338 e. The fourth-order valence-electron chi connectivity index (χ4n) is 2.98. The van der Waals surface area contributed by atoms with Gasteiger partial charge in [-0.2, -0.15) is 0 Å². The molecule has 2 fully saturated rings. The lowest BCUT2D eigenvalue weighted by molar-refractivity contribution is -0.137. The molecule has 16 heavy (non-hydrogen) atoms. The van der Waals surface area contributed by atoms with Crippen molar-refractivity contribution in [1.29, 1.82) is 0 Å². The van der Waals surface area contributed by atoms with Crippen molar-refractivity contribution in [1.82, 2.24) is 10.2 Å². The molecule has 0 aliphatic carbocycles. The summed E-state index contributed by atoms with van der Waals surface area (Å²) in [5.74, 6) is 0.367. The lowest BCUT2D eigenvalue weighted by Gasteiger charge is -2.38. The average Bonchev–Trinajstić information content (AvgIpc) is 2.39. The van der Waals surface area contributed by atoms with E-state index < -0.39 is 0 Å². The summed E-state index contributed by atoms with van der Waals surface area (Å²) >= 11 is 0. The molecule has 0 unspecified atom stereocenters. The van der Waals surface area contributed by atoms with Crippen molar-refractivity contribution in [2.75, 3.05) is 13.1 Å². The highest BCUT2D eigenvalue weighted by molar-refractivity contribution is 5.82. The van der Waals surface area contributed by atoms with E-state index >= 15 is 0 Å². The first-order valence-electron chi connectivity index (χ1n) is 6.86. The van der Waals surface area contributed by atoms with Crippen LogP contribution in [0, 0.1) is 0 Å². The smallest absolute Gasteiger partial charge is 0.239 e. The third kappa shape index (κ3) is 2.57. The van der Waals surface area contributed by atoms with Crippen molar-refractivity contribution in [3.05, 3.63) is 0 Å². The van der Waals surface area contributed by atoms with Crippen molar-refractivity contribution in [2.24, 2.45) is 0 Å². The van der Waals surface area contributed by atoms with Gasteiger partial charge in [-0.3, -0.25) is 4.79 Å². The number of hydrogen-bond acceptors (Lipinski definition) is 2. The molecule has 0 saturated carbocycles. The van der Waals surface area contributed by atoms with Crippen LogP contribution in [-0.4, -0.2) is 36.0 Å². The van der Waals surface area contributed by atoms with Crippen molar-refractivity contribution in [2.45, 2.75) is 64.0 Å². The van der Waals surface area contributed by atoms with Gasteiger partial charge in [-0.25, -0.2) is 0 Å². The van der Waals surface area contributed by atoms with E-state index in [1.165, 1.54) is 32.1 Å². The summed E-state index contributed by atoms with van der Waals surface area (Å²) in [5, 5.41) is 3.37. The van der Waals surface area contributed by atoms with E-state index in [-0.39, 0.29) is 6.04 Å². The van der Waals surface area contributed by atoms with Crippen LogP contribution in [0.15, 0.2) is 0 Å². The van der Waals surface area contributed by atoms with Gasteiger partial charge in [0.2, 0.25) is 5.91 Å². The van der Waals surface area contributed by atoms with Crippen LogP contribution in [0.3, 0.4) is 0 Å². The Morgan fingerprint density at radius 3 is 2.75 bits per heavy atom. The summed E-state index contributed by atoms with van der Waals surface area (Å²) in [4.78, 5) is 14.5. The molecule has 0 aromatic rings. The zero-order valence-electron chi connectivity index (χ0n) is 10.4. The Bertz CT molecular complexity index is 236. The number of carbonyl (C=O) groups is 1. The number of piperidine rings is 2. The first-order valence-corrected chi connectivity index (χ1v) is 6.86. The second-order valence-corrected chi connectivity index (χ2v) is 5.09. The second kappa shape index (κ2) is 5.67. The molecule has 1 amide bonds. The van der Waals surface area contributed by atoms with Crippen LogP contribution >= 0.6 is 0 Å². The molecule has 2 aliphatic rings. The van der Waals surface area contributed by atoms with Gasteiger partial charge in [0, 0.05) is 12.6 Å². The Morgan fingerprint density at radius 2 is 2.06 bits per heavy atom. The molecule has 0 aromatic carbocycles. The maximum absolute atomic E-state index is 12.4. The van der Waals surface area contributed by atoms with Crippen LogP contribution in [0.2, 0.25) is 0 Å². The molecule has 0 radical (unpaired) electrons. The molecular formula is C13H24N2O. The van der Waals surface area contributed by atoms with Crippen LogP contribution in [0.25, 0.3) is 0 Å². The van der Waals surface area contributed by atoms with E-state index in [0.29, 0.717) is 11.9 Å². The summed E-state index contributed by atoms with van der Waals surface area (Å²) in [5.41, 5.74) is 0. The van der Waals surface area contributed by atoms with E-state index in [9.17, 15) is 4.79 Å². The maximum atomic E-state index is 12.4. The zero-order chi connectivity index (χ0) is 11.4. The highest BCUT2D eigenvalue weighted by Gasteiger charge is 2.30. The summed E-state index contributed by atoms with van der Waals surface area (Å²) in [6.45, 7) is 4.20. The van der Waals surface area contributed by atoms with E-state index in [2.05, 4.69) is 17.1 Å². The third-order valence-electron chi connectivity index (χ3n) is 3.99. The number of carbonyl (C=O) groups excluding carboxylic acids is 1. The van der Waals surface area contributed by atoms with Gasteiger partial charge in [0.25, 0.3) is 0 Å². The van der Waals surface area contributed by atoms with E-state index in [4.69, 9.17) is 0 Å². The SMILES string of the molecule is CC[C@@H]1CCCCN1C(=O)[C@@H]1CCCCN1. The molecule has 3 nitrogen and oxygen atoms in total. The summed E-state index contributed by atoms with van der Waals surface area (Å²) in [7, 11) is 0. The number of rotatable bonds is 2. The Kier molecular flexibility index (Phi) is 4.22. The molecule has 2 saturated heterocycles. The minimum absolute atomic E-state index is 0.112. The van der Waals surface area contributed by atoms with Crippen molar-refractivity contribution < 1.29 is 4.79 Å². The number of nitrogens with one attached hydrogen (secondary N) is 1. The normalized spacial score (nSPS) is 31.4. The molecule has 2 heterocycles. The van der Waals surface area contributed by atoms with Gasteiger partial charge in [0.05, 0.1) is 6.04 Å². The second-order valence-electron chi connectivity index (χ2n) is 5.09. The number of nitrogens with zero attached hydrogens (tertiary/aromatic N) is 1. The lowest BCUT2D eigenvalue weighted by atomic mass is 9.97. The Labute approximate surface area is 98.6 Å². The Hall–Kier alpha value is -0.570. The van der Waals surface area contributed by atoms with Gasteiger partial charge in [-0.05, 0) is 45.1 Å². The average molecular weight is 224 g/mol. The topological polar surface area (TPSA) is 32.3 Å². The molecule has 3 heteroatoms. The Balaban J connectivity index is 1.95. The molecule has 0 spiro atoms. The third-order valence-corrected chi connectivity index (χ3v) is 3.99. The number of likely N-dealkylation sites (tertiary alicyclic amines) is 1. The van der Waals surface area contributed by atoms with E-state index in [1.807, 2.05) is 0 Å². The predicted octanol–water partition coefficient (Wildman–Crippen LogP) is 1.92. The maximum Gasteiger partial charge on any atom is 0.239 e. The highest BCUT2D eigenvalue weighted by atomic mass is 16.2. The quantitative estimate of drug-likeness (QED) is 0.777. The summed E-state index contributed by atoms with van der Waals surface area (Å²) in [6, 6.07) is 0.617. The summed E-state index contributed by atoms with van der Waals surface area (Å²) < 4.78 is 0. The van der Waals surface area contributed by atoms with Crippen LogP contribution in [0.4, 0.5) is 0 Å². The highest BCUT2D eigenvalue weighted by Crippen LogP contribution is 2.21. The first kappa shape index (κ1) is 11.9. The molecular weight excluding hydrogens is 200 g/mol. The Morgan fingerprint density at radius 1 is 1.25 bits per heavy atom.